The van der Waals surface area contributed by atoms with Crippen molar-refractivity contribution in [2.24, 2.45) is 5.41 Å². The van der Waals surface area contributed by atoms with E-state index in [0.717, 1.165) is 24.8 Å². The number of benzene rings is 2. The Morgan fingerprint density at radius 3 is 2.00 bits per heavy atom. The van der Waals surface area contributed by atoms with Crippen molar-refractivity contribution in [3.8, 4) is 16.9 Å². The fourth-order valence-electron chi connectivity index (χ4n) is 5.78. The summed E-state index contributed by atoms with van der Waals surface area (Å²) < 4.78 is 35.2. The second-order valence-corrected chi connectivity index (χ2v) is 10.7. The molecule has 174 valence electrons. The number of hydrogen-bond donors (Lipinski definition) is 0. The van der Waals surface area contributed by atoms with E-state index >= 15 is 0 Å². The zero-order valence-corrected chi connectivity index (χ0v) is 20.0. The first-order chi connectivity index (χ1) is 15.3. The Morgan fingerprint density at radius 1 is 0.844 bits per heavy atom. The zero-order valence-electron chi connectivity index (χ0n) is 20.0. The molecule has 3 heteroatoms. The Kier molecular flexibility index (Phi) is 6.93. The summed E-state index contributed by atoms with van der Waals surface area (Å²) >= 11 is 0. The molecule has 0 saturated heterocycles. The van der Waals surface area contributed by atoms with Crippen LogP contribution in [0.15, 0.2) is 36.4 Å². The Labute approximate surface area is 192 Å². The Bertz CT molecular complexity index is 870. The van der Waals surface area contributed by atoms with Crippen LogP contribution < -0.4 is 4.74 Å². The van der Waals surface area contributed by atoms with Crippen LogP contribution in [0.3, 0.4) is 0 Å². The Morgan fingerprint density at radius 2 is 1.44 bits per heavy atom. The van der Waals surface area contributed by atoms with Gasteiger partial charge in [-0.2, -0.15) is 0 Å². The summed E-state index contributed by atoms with van der Waals surface area (Å²) in [6, 6.07) is 11.2. The average molecular weight is 441 g/mol. The van der Waals surface area contributed by atoms with Gasteiger partial charge in [0.25, 0.3) is 0 Å². The first-order valence-corrected chi connectivity index (χ1v) is 12.6. The highest BCUT2D eigenvalue weighted by Gasteiger charge is 2.46. The van der Waals surface area contributed by atoms with E-state index < -0.39 is 11.6 Å². The van der Waals surface area contributed by atoms with Crippen LogP contribution in [0.2, 0.25) is 0 Å². The van der Waals surface area contributed by atoms with Crippen LogP contribution in [-0.4, -0.2) is 6.10 Å². The van der Waals surface area contributed by atoms with Gasteiger partial charge in [0.2, 0.25) is 0 Å². The van der Waals surface area contributed by atoms with E-state index in [2.05, 4.69) is 26.0 Å². The van der Waals surface area contributed by atoms with Crippen molar-refractivity contribution in [1.29, 1.82) is 0 Å². The molecule has 0 heterocycles. The predicted octanol–water partition coefficient (Wildman–Crippen LogP) is 8.98. The molecule has 0 spiro atoms. The normalized spacial score (nSPS) is 25.7. The minimum absolute atomic E-state index is 0.201. The third-order valence-electron chi connectivity index (χ3n) is 8.23. The number of unbranched alkanes of at least 4 members (excludes halogenated alkanes) is 3. The number of fused-ring (bicyclic) bond motifs is 3. The van der Waals surface area contributed by atoms with Crippen molar-refractivity contribution in [3.05, 3.63) is 53.6 Å². The summed E-state index contributed by atoms with van der Waals surface area (Å²) in [7, 11) is 0. The van der Waals surface area contributed by atoms with Gasteiger partial charge in [-0.05, 0) is 97.9 Å². The quantitative estimate of drug-likeness (QED) is 0.354. The Hall–Kier alpha value is -1.90. The smallest absolute Gasteiger partial charge is 0.191 e. The number of hydrogen-bond acceptors (Lipinski definition) is 1. The van der Waals surface area contributed by atoms with Gasteiger partial charge in [0.15, 0.2) is 17.4 Å². The lowest BCUT2D eigenvalue weighted by molar-refractivity contribution is 0.0556. The molecule has 2 aromatic rings. The highest BCUT2D eigenvalue weighted by atomic mass is 19.1. The largest absolute Gasteiger partial charge is 0.485 e. The van der Waals surface area contributed by atoms with Gasteiger partial charge in [0.1, 0.15) is 0 Å². The monoisotopic (exact) mass is 440 g/mol. The van der Waals surface area contributed by atoms with E-state index in [4.69, 9.17) is 4.74 Å². The van der Waals surface area contributed by atoms with E-state index in [1.165, 1.54) is 69.1 Å². The SMILES string of the molecule is CCCCCC[C@@H](C)Oc1c(F)cc(-c2ccc(C34CCC(C)(CC3)CC4)cc2)cc1F. The summed E-state index contributed by atoms with van der Waals surface area (Å²) in [6.45, 7) is 6.48. The lowest BCUT2D eigenvalue weighted by Gasteiger charge is -2.52. The molecule has 3 aliphatic carbocycles. The third kappa shape index (κ3) is 4.87. The molecule has 1 nitrogen and oxygen atoms in total. The molecule has 0 aliphatic heterocycles. The number of halogens is 2. The minimum Gasteiger partial charge on any atom is -0.485 e. The maximum atomic E-state index is 14.8. The van der Waals surface area contributed by atoms with Gasteiger partial charge < -0.3 is 4.74 Å². The van der Waals surface area contributed by atoms with E-state index in [1.54, 1.807) is 0 Å². The summed E-state index contributed by atoms with van der Waals surface area (Å²) in [5.41, 5.74) is 3.65. The van der Waals surface area contributed by atoms with Crippen molar-refractivity contribution < 1.29 is 13.5 Å². The molecule has 2 aromatic carbocycles. The standard InChI is InChI=1S/C29H38F2O/c1-4-5-6-7-8-21(2)32-27-25(30)19-23(20-26(27)31)22-9-11-24(12-10-22)29-16-13-28(3,14-17-29)15-18-29/h9-12,19-21H,4-8,13-18H2,1-3H3/t21-,28?,29?/m1/s1. The molecule has 2 bridgehead atoms. The number of ether oxygens (including phenoxy) is 1. The Balaban J connectivity index is 1.45. The van der Waals surface area contributed by atoms with Crippen molar-refractivity contribution in [3.63, 3.8) is 0 Å². The van der Waals surface area contributed by atoms with Gasteiger partial charge in [0.05, 0.1) is 6.10 Å². The average Bonchev–Trinajstić information content (AvgIpc) is 2.80. The van der Waals surface area contributed by atoms with Crippen LogP contribution in [0.4, 0.5) is 8.78 Å². The van der Waals surface area contributed by atoms with E-state index in [9.17, 15) is 8.78 Å². The van der Waals surface area contributed by atoms with Gasteiger partial charge in [-0.15, -0.1) is 0 Å². The maximum Gasteiger partial charge on any atom is 0.191 e. The summed E-state index contributed by atoms with van der Waals surface area (Å²) in [5.74, 6) is -1.50. The third-order valence-corrected chi connectivity index (χ3v) is 8.23. The summed E-state index contributed by atoms with van der Waals surface area (Å²) in [4.78, 5) is 0. The summed E-state index contributed by atoms with van der Waals surface area (Å²) in [6.07, 6.45) is 12.8. The van der Waals surface area contributed by atoms with Gasteiger partial charge in [0, 0.05) is 0 Å². The molecule has 5 rings (SSSR count). The number of rotatable bonds is 9. The highest BCUT2D eigenvalue weighted by molar-refractivity contribution is 5.65. The maximum absolute atomic E-state index is 14.8. The first-order valence-electron chi connectivity index (χ1n) is 12.6. The van der Waals surface area contributed by atoms with Crippen LogP contribution in [0, 0.1) is 17.0 Å². The molecule has 32 heavy (non-hydrogen) atoms. The van der Waals surface area contributed by atoms with Crippen LogP contribution in [0.1, 0.15) is 97.0 Å². The lowest BCUT2D eigenvalue weighted by atomic mass is 9.52. The van der Waals surface area contributed by atoms with Crippen LogP contribution in [-0.2, 0) is 5.41 Å². The first kappa shape index (κ1) is 23.3. The summed E-state index contributed by atoms with van der Waals surface area (Å²) in [5, 5.41) is 0. The molecule has 1 atom stereocenters. The fourth-order valence-corrected chi connectivity index (χ4v) is 5.78. The van der Waals surface area contributed by atoms with E-state index in [-0.39, 0.29) is 11.9 Å². The predicted molar refractivity (Wildman–Crippen MR) is 128 cm³/mol. The van der Waals surface area contributed by atoms with Crippen LogP contribution in [0.5, 0.6) is 5.75 Å². The van der Waals surface area contributed by atoms with E-state index in [0.29, 0.717) is 16.4 Å². The highest BCUT2D eigenvalue weighted by Crippen LogP contribution is 2.57. The van der Waals surface area contributed by atoms with Gasteiger partial charge in [-0.3, -0.25) is 0 Å². The van der Waals surface area contributed by atoms with Crippen molar-refractivity contribution >= 4 is 0 Å². The van der Waals surface area contributed by atoms with Crippen molar-refractivity contribution in [1.82, 2.24) is 0 Å². The second-order valence-electron chi connectivity index (χ2n) is 10.7. The second kappa shape index (κ2) is 9.53. The molecular formula is C29H38F2O. The molecule has 0 unspecified atom stereocenters. The molecule has 0 aromatic heterocycles. The molecule has 0 amide bonds. The molecule has 3 saturated carbocycles. The minimum atomic E-state index is -0.623. The van der Waals surface area contributed by atoms with Gasteiger partial charge >= 0.3 is 0 Å². The van der Waals surface area contributed by atoms with Crippen LogP contribution >= 0.6 is 0 Å². The fraction of sp³-hybridized carbons (Fsp3) is 0.586. The molecule has 0 N–H and O–H groups in total. The molecular weight excluding hydrogens is 402 g/mol. The van der Waals surface area contributed by atoms with Crippen molar-refractivity contribution in [2.75, 3.05) is 0 Å². The zero-order chi connectivity index (χ0) is 22.8. The lowest BCUT2D eigenvalue weighted by Crippen LogP contribution is -2.42. The molecule has 3 aliphatic rings. The van der Waals surface area contributed by atoms with E-state index in [1.807, 2.05) is 19.1 Å². The van der Waals surface area contributed by atoms with Gasteiger partial charge in [-0.25, -0.2) is 8.78 Å². The molecule has 0 radical (unpaired) electrons. The molecule has 3 fully saturated rings. The van der Waals surface area contributed by atoms with Crippen molar-refractivity contribution in [2.45, 2.75) is 103 Å². The van der Waals surface area contributed by atoms with Gasteiger partial charge in [-0.1, -0.05) is 57.4 Å². The van der Waals surface area contributed by atoms with Crippen LogP contribution in [0.25, 0.3) is 11.1 Å². The topological polar surface area (TPSA) is 9.23 Å².